The van der Waals surface area contributed by atoms with Gasteiger partial charge in [-0.1, -0.05) is 31.2 Å². The van der Waals surface area contributed by atoms with Crippen LogP contribution in [0, 0.1) is 0 Å². The molecule has 5 nitrogen and oxygen atoms in total. The van der Waals surface area contributed by atoms with Gasteiger partial charge in [-0.3, -0.25) is 4.79 Å². The number of fused-ring (bicyclic) bond motifs is 2. The van der Waals surface area contributed by atoms with Crippen molar-refractivity contribution in [1.29, 1.82) is 0 Å². The molecule has 2 aromatic heterocycles. The summed E-state index contributed by atoms with van der Waals surface area (Å²) in [6.45, 7) is 7.17. The third kappa shape index (κ3) is 3.75. The summed E-state index contributed by atoms with van der Waals surface area (Å²) in [5, 5.41) is 5.48. The first-order chi connectivity index (χ1) is 15.1. The van der Waals surface area contributed by atoms with Gasteiger partial charge < -0.3 is 4.90 Å². The highest BCUT2D eigenvalue weighted by atomic mass is 16.2. The summed E-state index contributed by atoms with van der Waals surface area (Å²) in [5.74, 6) is 0.636. The largest absolute Gasteiger partial charge is 0.335 e. The van der Waals surface area contributed by atoms with Crippen molar-refractivity contribution in [3.8, 4) is 0 Å². The van der Waals surface area contributed by atoms with Crippen LogP contribution >= 0.6 is 0 Å². The molecule has 3 aromatic rings. The number of hydrogen-bond acceptors (Lipinski definition) is 3. The Balaban J connectivity index is 1.54. The number of aromatic nitrogens is 3. The third-order valence-electron chi connectivity index (χ3n) is 6.79. The van der Waals surface area contributed by atoms with Crippen molar-refractivity contribution in [2.45, 2.75) is 77.3 Å². The molecule has 1 unspecified atom stereocenters. The van der Waals surface area contributed by atoms with Gasteiger partial charge in [-0.25, -0.2) is 9.67 Å². The Hall–Kier alpha value is -2.69. The average Bonchev–Trinajstić information content (AvgIpc) is 3.54. The topological polar surface area (TPSA) is 51.0 Å². The van der Waals surface area contributed by atoms with Crippen molar-refractivity contribution in [1.82, 2.24) is 19.7 Å². The smallest absolute Gasteiger partial charge is 0.254 e. The van der Waals surface area contributed by atoms with Crippen LogP contribution in [0.15, 0.2) is 36.5 Å². The first-order valence-electron chi connectivity index (χ1n) is 11.8. The second-order valence-corrected chi connectivity index (χ2v) is 9.45. The molecule has 31 heavy (non-hydrogen) atoms. The molecule has 162 valence electrons. The Morgan fingerprint density at radius 2 is 1.97 bits per heavy atom. The summed E-state index contributed by atoms with van der Waals surface area (Å²) >= 11 is 0. The first kappa shape index (κ1) is 20.2. The average molecular weight is 417 g/mol. The van der Waals surface area contributed by atoms with Crippen LogP contribution in [0.25, 0.3) is 11.0 Å². The van der Waals surface area contributed by atoms with Gasteiger partial charge in [0.05, 0.1) is 17.1 Å². The van der Waals surface area contributed by atoms with Crippen LogP contribution < -0.4 is 0 Å². The minimum absolute atomic E-state index is 0.142. The van der Waals surface area contributed by atoms with Crippen molar-refractivity contribution in [3.05, 3.63) is 58.9 Å². The van der Waals surface area contributed by atoms with E-state index in [0.717, 1.165) is 54.5 Å². The van der Waals surface area contributed by atoms with Crippen LogP contribution in [0.2, 0.25) is 0 Å². The Morgan fingerprint density at radius 3 is 2.68 bits per heavy atom. The van der Waals surface area contributed by atoms with Crippen LogP contribution in [0.1, 0.15) is 85.6 Å². The van der Waals surface area contributed by atoms with E-state index < -0.39 is 0 Å². The van der Waals surface area contributed by atoms with E-state index >= 15 is 0 Å². The SMILES string of the molecule is CCCN(C(=O)c1cc(C2CC2)nc2c1cnn2C(C)C)C1CCc2ccccc2C1. The van der Waals surface area contributed by atoms with E-state index in [1.54, 1.807) is 0 Å². The summed E-state index contributed by atoms with van der Waals surface area (Å²) in [4.78, 5) is 21.1. The van der Waals surface area contributed by atoms with Gasteiger partial charge in [0.2, 0.25) is 0 Å². The summed E-state index contributed by atoms with van der Waals surface area (Å²) in [7, 11) is 0. The molecule has 0 saturated heterocycles. The predicted molar refractivity (Wildman–Crippen MR) is 123 cm³/mol. The molecule has 0 bridgehead atoms. The molecule has 5 heteroatoms. The quantitative estimate of drug-likeness (QED) is 0.548. The van der Waals surface area contributed by atoms with E-state index in [-0.39, 0.29) is 18.0 Å². The second kappa shape index (κ2) is 8.10. The maximum absolute atomic E-state index is 14.0. The van der Waals surface area contributed by atoms with E-state index in [0.29, 0.717) is 5.92 Å². The molecule has 1 fully saturated rings. The van der Waals surface area contributed by atoms with E-state index in [9.17, 15) is 4.79 Å². The summed E-state index contributed by atoms with van der Waals surface area (Å²) in [6, 6.07) is 11.2. The number of aryl methyl sites for hydroxylation is 1. The van der Waals surface area contributed by atoms with Crippen LogP contribution in [0.3, 0.4) is 0 Å². The van der Waals surface area contributed by atoms with E-state index in [1.165, 1.54) is 24.0 Å². The lowest BCUT2D eigenvalue weighted by Crippen LogP contribution is -2.44. The summed E-state index contributed by atoms with van der Waals surface area (Å²) < 4.78 is 1.96. The number of rotatable bonds is 6. The van der Waals surface area contributed by atoms with Gasteiger partial charge in [-0.2, -0.15) is 5.10 Å². The Morgan fingerprint density at radius 1 is 1.19 bits per heavy atom. The predicted octanol–water partition coefficient (Wildman–Crippen LogP) is 5.30. The molecule has 0 radical (unpaired) electrons. The van der Waals surface area contributed by atoms with Crippen molar-refractivity contribution in [3.63, 3.8) is 0 Å². The normalized spacial score (nSPS) is 18.4. The van der Waals surface area contributed by atoms with Crippen LogP contribution in [0.4, 0.5) is 0 Å². The molecule has 5 rings (SSSR count). The van der Waals surface area contributed by atoms with Gasteiger partial charge in [0.1, 0.15) is 0 Å². The zero-order chi connectivity index (χ0) is 21.5. The number of nitrogens with zero attached hydrogens (tertiary/aromatic N) is 4. The number of amides is 1. The fourth-order valence-electron chi connectivity index (χ4n) is 4.97. The molecule has 1 amide bonds. The Bertz CT molecular complexity index is 1110. The minimum atomic E-state index is 0.142. The molecule has 2 heterocycles. The zero-order valence-electron chi connectivity index (χ0n) is 18.8. The fraction of sp³-hybridized carbons (Fsp3) is 0.500. The maximum atomic E-state index is 14.0. The summed E-state index contributed by atoms with van der Waals surface area (Å²) in [6.07, 6.45) is 8.14. The van der Waals surface area contributed by atoms with Gasteiger partial charge in [-0.05, 0) is 69.6 Å². The molecule has 0 spiro atoms. The van der Waals surface area contributed by atoms with Crippen molar-refractivity contribution >= 4 is 16.9 Å². The lowest BCUT2D eigenvalue weighted by molar-refractivity contribution is 0.0663. The highest BCUT2D eigenvalue weighted by molar-refractivity contribution is 6.05. The van der Waals surface area contributed by atoms with E-state index in [1.807, 2.05) is 10.9 Å². The Kier molecular flexibility index (Phi) is 5.28. The third-order valence-corrected chi connectivity index (χ3v) is 6.79. The van der Waals surface area contributed by atoms with Gasteiger partial charge >= 0.3 is 0 Å². The number of pyridine rings is 1. The standard InChI is InChI=1S/C26H32N4O/c1-4-13-29(21-12-11-18-7-5-6-8-20(18)14-21)26(31)22-15-24(19-9-10-19)28-25-23(22)16-27-30(25)17(2)3/h5-8,15-17,19,21H,4,9-14H2,1-3H3. The van der Waals surface area contributed by atoms with Gasteiger partial charge in [-0.15, -0.1) is 0 Å². The lowest BCUT2D eigenvalue weighted by atomic mass is 9.87. The number of carbonyl (C=O) groups is 1. The first-order valence-corrected chi connectivity index (χ1v) is 11.8. The molecule has 1 atom stereocenters. The molecule has 0 N–H and O–H groups in total. The van der Waals surface area contributed by atoms with Gasteiger partial charge in [0.15, 0.2) is 5.65 Å². The summed E-state index contributed by atoms with van der Waals surface area (Å²) in [5.41, 5.74) is 5.52. The molecular formula is C26H32N4O. The van der Waals surface area contributed by atoms with E-state index in [4.69, 9.17) is 4.98 Å². The monoisotopic (exact) mass is 416 g/mol. The minimum Gasteiger partial charge on any atom is -0.335 e. The highest BCUT2D eigenvalue weighted by Gasteiger charge is 2.32. The van der Waals surface area contributed by atoms with Gasteiger partial charge in [0, 0.05) is 30.2 Å². The van der Waals surface area contributed by atoms with E-state index in [2.05, 4.69) is 61.1 Å². The maximum Gasteiger partial charge on any atom is 0.254 e. The van der Waals surface area contributed by atoms with Crippen LogP contribution in [0.5, 0.6) is 0 Å². The molecular weight excluding hydrogens is 384 g/mol. The zero-order valence-corrected chi connectivity index (χ0v) is 18.8. The molecule has 0 aliphatic heterocycles. The molecule has 2 aliphatic carbocycles. The highest BCUT2D eigenvalue weighted by Crippen LogP contribution is 2.40. The van der Waals surface area contributed by atoms with Gasteiger partial charge in [0.25, 0.3) is 5.91 Å². The lowest BCUT2D eigenvalue weighted by Gasteiger charge is -2.35. The molecule has 1 saturated carbocycles. The van der Waals surface area contributed by atoms with Crippen molar-refractivity contribution in [2.24, 2.45) is 0 Å². The number of hydrogen-bond donors (Lipinski definition) is 0. The molecule has 1 aromatic carbocycles. The van der Waals surface area contributed by atoms with Crippen LogP contribution in [-0.2, 0) is 12.8 Å². The van der Waals surface area contributed by atoms with Crippen LogP contribution in [-0.4, -0.2) is 38.2 Å². The molecule has 2 aliphatic rings. The fourth-order valence-corrected chi connectivity index (χ4v) is 4.97. The van der Waals surface area contributed by atoms with Crippen molar-refractivity contribution in [2.75, 3.05) is 6.54 Å². The number of carbonyl (C=O) groups excluding carboxylic acids is 1. The van der Waals surface area contributed by atoms with Crippen molar-refractivity contribution < 1.29 is 4.79 Å². The Labute approximate surface area is 184 Å². The number of benzene rings is 1. The second-order valence-electron chi connectivity index (χ2n) is 9.45.